The average molecular weight is 215 g/mol. The highest BCUT2D eigenvalue weighted by molar-refractivity contribution is 5.44. The van der Waals surface area contributed by atoms with Gasteiger partial charge in [-0.3, -0.25) is 0 Å². The van der Waals surface area contributed by atoms with Gasteiger partial charge in [0.2, 0.25) is 0 Å². The fourth-order valence-corrected chi connectivity index (χ4v) is 1.84. The van der Waals surface area contributed by atoms with E-state index in [2.05, 4.69) is 16.4 Å². The summed E-state index contributed by atoms with van der Waals surface area (Å²) in [5.41, 5.74) is 1.57. The number of aryl methyl sites for hydroxylation is 1. The van der Waals surface area contributed by atoms with Crippen molar-refractivity contribution in [1.29, 1.82) is 5.26 Å². The molecule has 0 saturated heterocycles. The molecular formula is C13H17N3. The van der Waals surface area contributed by atoms with E-state index in [1.165, 1.54) is 25.7 Å². The van der Waals surface area contributed by atoms with Gasteiger partial charge in [-0.05, 0) is 37.8 Å². The van der Waals surface area contributed by atoms with Crippen molar-refractivity contribution in [3.05, 3.63) is 23.4 Å². The third-order valence-electron chi connectivity index (χ3n) is 2.87. The topological polar surface area (TPSA) is 48.7 Å². The number of rotatable bonds is 5. The molecule has 0 atom stereocenters. The van der Waals surface area contributed by atoms with Crippen molar-refractivity contribution >= 4 is 5.82 Å². The van der Waals surface area contributed by atoms with Gasteiger partial charge in [-0.15, -0.1) is 0 Å². The van der Waals surface area contributed by atoms with Crippen molar-refractivity contribution in [3.8, 4) is 6.07 Å². The summed E-state index contributed by atoms with van der Waals surface area (Å²) in [4.78, 5) is 4.35. The maximum atomic E-state index is 8.83. The van der Waals surface area contributed by atoms with Crippen LogP contribution in [0.5, 0.6) is 0 Å². The second-order valence-electron chi connectivity index (χ2n) is 4.51. The van der Waals surface area contributed by atoms with Gasteiger partial charge in [0.25, 0.3) is 0 Å². The molecule has 1 aliphatic carbocycles. The van der Waals surface area contributed by atoms with E-state index in [0.29, 0.717) is 5.56 Å². The van der Waals surface area contributed by atoms with Crippen LogP contribution in [0.25, 0.3) is 0 Å². The first-order chi connectivity index (χ1) is 7.78. The first kappa shape index (κ1) is 10.9. The molecule has 0 amide bonds. The summed E-state index contributed by atoms with van der Waals surface area (Å²) >= 11 is 0. The molecule has 1 heterocycles. The fourth-order valence-electron chi connectivity index (χ4n) is 1.84. The van der Waals surface area contributed by atoms with E-state index in [0.717, 1.165) is 24.0 Å². The molecule has 0 spiro atoms. The Morgan fingerprint density at radius 3 is 3.00 bits per heavy atom. The van der Waals surface area contributed by atoms with Gasteiger partial charge >= 0.3 is 0 Å². The first-order valence-corrected chi connectivity index (χ1v) is 5.90. The van der Waals surface area contributed by atoms with E-state index in [-0.39, 0.29) is 0 Å². The Hall–Kier alpha value is -1.56. The lowest BCUT2D eigenvalue weighted by Crippen LogP contribution is -2.04. The lowest BCUT2D eigenvalue weighted by molar-refractivity contribution is 0.686. The van der Waals surface area contributed by atoms with Crippen molar-refractivity contribution in [2.45, 2.75) is 32.6 Å². The summed E-state index contributed by atoms with van der Waals surface area (Å²) in [5.74, 6) is 1.81. The molecule has 0 aliphatic heterocycles. The van der Waals surface area contributed by atoms with Gasteiger partial charge in [0, 0.05) is 12.2 Å². The Morgan fingerprint density at radius 2 is 2.31 bits per heavy atom. The van der Waals surface area contributed by atoms with E-state index in [1.54, 1.807) is 6.07 Å². The van der Waals surface area contributed by atoms with E-state index >= 15 is 0 Å². The minimum absolute atomic E-state index is 0.678. The number of nitrogens with zero attached hydrogens (tertiary/aromatic N) is 2. The lowest BCUT2D eigenvalue weighted by atomic mass is 10.2. The second kappa shape index (κ2) is 4.98. The maximum Gasteiger partial charge on any atom is 0.127 e. The Kier molecular flexibility index (Phi) is 3.40. The van der Waals surface area contributed by atoms with Crippen LogP contribution in [0, 0.1) is 24.2 Å². The number of anilines is 1. The van der Waals surface area contributed by atoms with Crippen molar-refractivity contribution in [2.75, 3.05) is 11.9 Å². The van der Waals surface area contributed by atoms with E-state index in [1.807, 2.05) is 13.0 Å². The summed E-state index contributed by atoms with van der Waals surface area (Å²) < 4.78 is 0. The average Bonchev–Trinajstić information content (AvgIpc) is 3.07. The molecule has 1 fully saturated rings. The van der Waals surface area contributed by atoms with Crippen molar-refractivity contribution < 1.29 is 0 Å². The van der Waals surface area contributed by atoms with Gasteiger partial charge in [-0.2, -0.15) is 5.26 Å². The molecule has 1 N–H and O–H groups in total. The van der Waals surface area contributed by atoms with Gasteiger partial charge in [-0.25, -0.2) is 4.98 Å². The van der Waals surface area contributed by atoms with Crippen LogP contribution < -0.4 is 5.32 Å². The zero-order valence-electron chi connectivity index (χ0n) is 9.66. The molecule has 0 bridgehead atoms. The molecule has 3 nitrogen and oxygen atoms in total. The largest absolute Gasteiger partial charge is 0.370 e. The Bertz CT molecular complexity index is 402. The third kappa shape index (κ3) is 3.23. The van der Waals surface area contributed by atoms with Crippen LogP contribution in [-0.2, 0) is 0 Å². The number of nitriles is 1. The van der Waals surface area contributed by atoms with Crippen LogP contribution in [0.15, 0.2) is 12.1 Å². The predicted molar refractivity (Wildman–Crippen MR) is 64.1 cm³/mol. The summed E-state index contributed by atoms with van der Waals surface area (Å²) in [7, 11) is 0. The Morgan fingerprint density at radius 1 is 1.50 bits per heavy atom. The van der Waals surface area contributed by atoms with E-state index in [4.69, 9.17) is 5.26 Å². The van der Waals surface area contributed by atoms with Crippen LogP contribution in [0.4, 0.5) is 5.82 Å². The fraction of sp³-hybridized carbons (Fsp3) is 0.538. The van der Waals surface area contributed by atoms with Gasteiger partial charge in [0.15, 0.2) is 0 Å². The predicted octanol–water partition coefficient (Wildman–Crippen LogP) is 2.86. The highest BCUT2D eigenvalue weighted by Crippen LogP contribution is 2.33. The van der Waals surface area contributed by atoms with Crippen LogP contribution in [-0.4, -0.2) is 11.5 Å². The number of nitrogens with one attached hydrogen (secondary N) is 1. The quantitative estimate of drug-likeness (QED) is 0.768. The zero-order valence-corrected chi connectivity index (χ0v) is 9.66. The molecule has 2 rings (SSSR count). The molecule has 84 valence electrons. The molecule has 1 saturated carbocycles. The van der Waals surface area contributed by atoms with Gasteiger partial charge in [0.1, 0.15) is 5.82 Å². The highest BCUT2D eigenvalue weighted by Gasteiger charge is 2.19. The number of hydrogen-bond acceptors (Lipinski definition) is 3. The molecule has 3 heteroatoms. The number of pyridine rings is 1. The smallest absolute Gasteiger partial charge is 0.127 e. The van der Waals surface area contributed by atoms with Crippen LogP contribution in [0.3, 0.4) is 0 Å². The van der Waals surface area contributed by atoms with Crippen molar-refractivity contribution in [1.82, 2.24) is 4.98 Å². The summed E-state index contributed by atoms with van der Waals surface area (Å²) in [6, 6.07) is 5.76. The van der Waals surface area contributed by atoms with Crippen LogP contribution in [0.2, 0.25) is 0 Å². The molecular weight excluding hydrogens is 198 g/mol. The molecule has 1 aliphatic rings. The van der Waals surface area contributed by atoms with E-state index in [9.17, 15) is 0 Å². The van der Waals surface area contributed by atoms with Gasteiger partial charge < -0.3 is 5.32 Å². The SMILES string of the molecule is Cc1cc(C#N)cc(NCCCC2CC2)n1. The first-order valence-electron chi connectivity index (χ1n) is 5.90. The second-order valence-corrected chi connectivity index (χ2v) is 4.51. The minimum atomic E-state index is 0.678. The molecule has 1 aromatic heterocycles. The normalized spacial score (nSPS) is 14.5. The summed E-state index contributed by atoms with van der Waals surface area (Å²) in [6.45, 7) is 2.87. The molecule has 0 unspecified atom stereocenters. The molecule has 0 aromatic carbocycles. The summed E-state index contributed by atoms with van der Waals surface area (Å²) in [5, 5.41) is 12.1. The minimum Gasteiger partial charge on any atom is -0.370 e. The third-order valence-corrected chi connectivity index (χ3v) is 2.87. The number of hydrogen-bond donors (Lipinski definition) is 1. The molecule has 1 aromatic rings. The highest BCUT2D eigenvalue weighted by atomic mass is 15.0. The number of aromatic nitrogens is 1. The molecule has 16 heavy (non-hydrogen) atoms. The maximum absolute atomic E-state index is 8.83. The monoisotopic (exact) mass is 215 g/mol. The van der Waals surface area contributed by atoms with Gasteiger partial charge in [-0.1, -0.05) is 12.8 Å². The summed E-state index contributed by atoms with van der Waals surface area (Å²) in [6.07, 6.45) is 5.36. The van der Waals surface area contributed by atoms with Crippen LogP contribution >= 0.6 is 0 Å². The zero-order chi connectivity index (χ0) is 11.4. The Labute approximate surface area is 96.5 Å². The Balaban J connectivity index is 1.83. The standard InChI is InChI=1S/C13H17N3/c1-10-7-12(9-14)8-13(16-10)15-6-2-3-11-4-5-11/h7-8,11H,2-6H2,1H3,(H,15,16). The lowest BCUT2D eigenvalue weighted by Gasteiger charge is -2.06. The van der Waals surface area contributed by atoms with Crippen molar-refractivity contribution in [2.24, 2.45) is 5.92 Å². The van der Waals surface area contributed by atoms with Crippen LogP contribution in [0.1, 0.15) is 36.9 Å². The van der Waals surface area contributed by atoms with E-state index < -0.39 is 0 Å². The molecule has 0 radical (unpaired) electrons. The van der Waals surface area contributed by atoms with Crippen molar-refractivity contribution in [3.63, 3.8) is 0 Å². The van der Waals surface area contributed by atoms with Gasteiger partial charge in [0.05, 0.1) is 11.6 Å².